The molecule has 4 aromatic carbocycles. The van der Waals surface area contributed by atoms with E-state index in [9.17, 15) is 0 Å². The number of aryl methyl sites for hydroxylation is 11. The van der Waals surface area contributed by atoms with Crippen LogP contribution in [0.1, 0.15) is 72.3 Å². The zero-order chi connectivity index (χ0) is 32.2. The second-order valence-corrected chi connectivity index (χ2v) is 14.9. The zero-order valence-electron chi connectivity index (χ0n) is 29.3. The van der Waals surface area contributed by atoms with Crippen molar-refractivity contribution in [2.75, 3.05) is 0 Å². The first-order valence-electron chi connectivity index (χ1n) is 16.1. The maximum Gasteiger partial charge on any atom is 0.254 e. The Kier molecular flexibility index (Phi) is 8.94. The lowest BCUT2D eigenvalue weighted by atomic mass is 9.36. The topological polar surface area (TPSA) is 0 Å². The molecule has 0 aliphatic carbocycles. The van der Waals surface area contributed by atoms with Crippen molar-refractivity contribution in [2.45, 2.75) is 90.0 Å². The van der Waals surface area contributed by atoms with E-state index in [2.05, 4.69) is 145 Å². The second kappa shape index (κ2) is 12.2. The third-order valence-corrected chi connectivity index (χ3v) is 11.2. The predicted molar refractivity (Wildman–Crippen MR) is 201 cm³/mol. The van der Waals surface area contributed by atoms with Crippen molar-refractivity contribution < 1.29 is 0 Å². The minimum absolute atomic E-state index is 0.190. The molecule has 0 aliphatic rings. The number of hydrogen-bond acceptors (Lipinski definition) is 1. The van der Waals surface area contributed by atoms with E-state index in [1.807, 2.05) is 11.3 Å². The molecule has 0 amide bonds. The molecule has 1 aromatic heterocycles. The lowest BCUT2D eigenvalue weighted by Gasteiger charge is -2.25. The van der Waals surface area contributed by atoms with Crippen LogP contribution in [0.5, 0.6) is 0 Å². The lowest BCUT2D eigenvalue weighted by Crippen LogP contribution is -2.56. The van der Waals surface area contributed by atoms with Crippen LogP contribution in [-0.4, -0.2) is 13.4 Å². The van der Waals surface area contributed by atoms with E-state index in [-0.39, 0.29) is 13.4 Å². The first-order valence-corrected chi connectivity index (χ1v) is 16.9. The molecule has 0 saturated heterocycles. The first kappa shape index (κ1) is 32.1. The SMILES string of the molecule is Cc1cc(C)c(B(c2ccc(B(c3c(C)cc(C)cc3C)c3c(C)cc(C)c(C)c3C)s2)c2c(C)cc(C)cc2C)c(C)c1. The summed E-state index contributed by atoms with van der Waals surface area (Å²) in [6.07, 6.45) is 0. The highest BCUT2D eigenvalue weighted by atomic mass is 32.1. The van der Waals surface area contributed by atoms with Crippen molar-refractivity contribution in [2.24, 2.45) is 0 Å². The van der Waals surface area contributed by atoms with Crippen LogP contribution in [-0.2, 0) is 0 Å². The summed E-state index contributed by atoms with van der Waals surface area (Å²) in [6.45, 7) is 30.1. The maximum absolute atomic E-state index is 2.45. The quantitative estimate of drug-likeness (QED) is 0.190. The molecule has 0 saturated carbocycles. The Balaban J connectivity index is 1.82. The summed E-state index contributed by atoms with van der Waals surface area (Å²) < 4.78 is 2.86. The largest absolute Gasteiger partial charge is 0.254 e. The summed E-state index contributed by atoms with van der Waals surface area (Å²) in [6, 6.07) is 21.5. The number of thiophene rings is 1. The molecular formula is C41H48B2S. The minimum Gasteiger partial charge on any atom is -0.163 e. The highest BCUT2D eigenvalue weighted by Gasteiger charge is 2.34. The van der Waals surface area contributed by atoms with Crippen molar-refractivity contribution >= 4 is 56.2 Å². The highest BCUT2D eigenvalue weighted by Crippen LogP contribution is 2.19. The van der Waals surface area contributed by atoms with Crippen molar-refractivity contribution in [3.63, 3.8) is 0 Å². The van der Waals surface area contributed by atoms with Crippen molar-refractivity contribution in [3.8, 4) is 0 Å². The Labute approximate surface area is 272 Å². The number of benzene rings is 4. The molecule has 44 heavy (non-hydrogen) atoms. The monoisotopic (exact) mass is 594 g/mol. The van der Waals surface area contributed by atoms with Gasteiger partial charge in [0.05, 0.1) is 0 Å². The molecule has 224 valence electrons. The van der Waals surface area contributed by atoms with Gasteiger partial charge in [-0.25, -0.2) is 0 Å². The summed E-state index contributed by atoms with van der Waals surface area (Å²) in [7, 11) is 0. The fourth-order valence-electron chi connectivity index (χ4n) is 8.22. The van der Waals surface area contributed by atoms with Crippen molar-refractivity contribution in [1.29, 1.82) is 0 Å². The maximum atomic E-state index is 2.45. The zero-order valence-corrected chi connectivity index (χ0v) is 30.1. The van der Waals surface area contributed by atoms with Crippen molar-refractivity contribution in [3.05, 3.63) is 127 Å². The smallest absolute Gasteiger partial charge is 0.163 e. The minimum atomic E-state index is 0.190. The van der Waals surface area contributed by atoms with E-state index in [1.54, 1.807) is 0 Å². The predicted octanol–water partition coefficient (Wildman–Crippen LogP) is 6.79. The molecule has 0 bridgehead atoms. The molecule has 1 heterocycles. The van der Waals surface area contributed by atoms with Crippen LogP contribution in [0.15, 0.2) is 54.6 Å². The molecular weight excluding hydrogens is 546 g/mol. The van der Waals surface area contributed by atoms with Crippen LogP contribution in [0.4, 0.5) is 0 Å². The van der Waals surface area contributed by atoms with Gasteiger partial charge in [-0.15, -0.1) is 0 Å². The normalized spacial score (nSPS) is 11.3. The van der Waals surface area contributed by atoms with Gasteiger partial charge < -0.3 is 0 Å². The standard InChI is InChI=1S/C41H48B2S/c1-23-16-27(5)38(28(6)17-23)42(39-29(7)18-24(2)19-30(39)8)36-14-15-37(44-36)43(40-31(9)20-25(3)21-32(40)10)41-33(11)22-26(4)34(12)35(41)13/h14-22H,1-13H3. The number of hydrogen-bond donors (Lipinski definition) is 0. The van der Waals surface area contributed by atoms with E-state index >= 15 is 0 Å². The van der Waals surface area contributed by atoms with E-state index in [0.29, 0.717) is 0 Å². The molecule has 0 atom stereocenters. The van der Waals surface area contributed by atoms with Gasteiger partial charge in [0.1, 0.15) is 0 Å². The third kappa shape index (κ3) is 5.77. The molecule has 0 fully saturated rings. The van der Waals surface area contributed by atoms with Gasteiger partial charge >= 0.3 is 0 Å². The molecule has 5 aromatic rings. The first-order chi connectivity index (χ1) is 20.7. The Morgan fingerprint density at radius 1 is 0.341 bits per heavy atom. The van der Waals surface area contributed by atoms with Crippen LogP contribution >= 0.6 is 11.3 Å². The van der Waals surface area contributed by atoms with Crippen LogP contribution in [0.25, 0.3) is 0 Å². The average Bonchev–Trinajstić information content (AvgIpc) is 3.38. The Morgan fingerprint density at radius 2 is 0.636 bits per heavy atom. The Morgan fingerprint density at radius 3 is 0.977 bits per heavy atom. The molecule has 0 nitrogen and oxygen atoms in total. The average molecular weight is 595 g/mol. The van der Waals surface area contributed by atoms with E-state index in [4.69, 9.17) is 0 Å². The molecule has 0 unspecified atom stereocenters. The second-order valence-electron chi connectivity index (χ2n) is 13.7. The molecule has 0 aliphatic heterocycles. The van der Waals surface area contributed by atoms with Crippen LogP contribution < -0.4 is 31.4 Å². The molecule has 5 rings (SSSR count). The van der Waals surface area contributed by atoms with Gasteiger partial charge in [-0.05, 0) is 111 Å². The van der Waals surface area contributed by atoms with E-state index < -0.39 is 0 Å². The fraction of sp³-hybridized carbons (Fsp3) is 0.317. The van der Waals surface area contributed by atoms with Gasteiger partial charge in [-0.2, -0.15) is 11.3 Å². The number of rotatable bonds is 6. The van der Waals surface area contributed by atoms with Gasteiger partial charge in [-0.1, -0.05) is 138 Å². The van der Waals surface area contributed by atoms with Crippen LogP contribution in [0.2, 0.25) is 0 Å². The van der Waals surface area contributed by atoms with Gasteiger partial charge in [0.2, 0.25) is 0 Å². The summed E-state index contributed by atoms with van der Waals surface area (Å²) >= 11 is 2.02. The van der Waals surface area contributed by atoms with Gasteiger partial charge in [0.15, 0.2) is 0 Å². The van der Waals surface area contributed by atoms with E-state index in [0.717, 1.165) is 0 Å². The fourth-order valence-corrected chi connectivity index (χ4v) is 9.48. The summed E-state index contributed by atoms with van der Waals surface area (Å²) in [5, 5.41) is 0. The van der Waals surface area contributed by atoms with Crippen LogP contribution in [0.3, 0.4) is 0 Å². The van der Waals surface area contributed by atoms with Crippen molar-refractivity contribution in [1.82, 2.24) is 0 Å². The molecule has 3 heteroatoms. The van der Waals surface area contributed by atoms with Gasteiger partial charge in [-0.3, -0.25) is 0 Å². The Hall–Kier alpha value is -3.29. The molecule has 0 spiro atoms. The van der Waals surface area contributed by atoms with Crippen LogP contribution in [0, 0.1) is 90.0 Å². The lowest BCUT2D eigenvalue weighted by molar-refractivity contribution is 1.25. The summed E-state index contributed by atoms with van der Waals surface area (Å²) in [5.41, 5.74) is 23.7. The molecule has 0 N–H and O–H groups in total. The highest BCUT2D eigenvalue weighted by molar-refractivity contribution is 7.36. The molecule has 0 radical (unpaired) electrons. The van der Waals surface area contributed by atoms with Gasteiger partial charge in [0, 0.05) is 0 Å². The van der Waals surface area contributed by atoms with E-state index in [1.165, 1.54) is 104 Å². The van der Waals surface area contributed by atoms with Gasteiger partial charge in [0.25, 0.3) is 13.4 Å². The summed E-state index contributed by atoms with van der Waals surface area (Å²) in [5.74, 6) is 0. The third-order valence-electron chi connectivity index (χ3n) is 10.0. The summed E-state index contributed by atoms with van der Waals surface area (Å²) in [4.78, 5) is 0. The Bertz CT molecular complexity index is 1780.